The van der Waals surface area contributed by atoms with Gasteiger partial charge in [-0.1, -0.05) is 29.5 Å². The Morgan fingerprint density at radius 3 is 2.45 bits per heavy atom. The highest BCUT2D eigenvalue weighted by molar-refractivity contribution is 5.93. The van der Waals surface area contributed by atoms with Gasteiger partial charge in [-0.3, -0.25) is 0 Å². The first kappa shape index (κ1) is 19.0. The SMILES string of the molecule is COc1ccc(C(C)Nc2nc3c(-c4ccc(F)cc4)nnn3c3ccccc23)cc1. The zero-order valence-electron chi connectivity index (χ0n) is 17.1. The number of methoxy groups -OCH3 is 1. The Morgan fingerprint density at radius 2 is 1.71 bits per heavy atom. The fraction of sp³-hybridized carbons (Fsp3) is 0.125. The topological polar surface area (TPSA) is 64.3 Å². The summed E-state index contributed by atoms with van der Waals surface area (Å²) in [6, 6.07) is 22.0. The smallest absolute Gasteiger partial charge is 0.186 e. The summed E-state index contributed by atoms with van der Waals surface area (Å²) in [5.41, 5.74) is 3.96. The first-order valence-electron chi connectivity index (χ1n) is 9.94. The molecule has 1 N–H and O–H groups in total. The second kappa shape index (κ2) is 7.68. The molecule has 7 heteroatoms. The molecule has 0 fully saturated rings. The lowest BCUT2D eigenvalue weighted by Gasteiger charge is -2.17. The minimum atomic E-state index is -0.297. The summed E-state index contributed by atoms with van der Waals surface area (Å²) in [4.78, 5) is 4.87. The maximum Gasteiger partial charge on any atom is 0.186 e. The highest BCUT2D eigenvalue weighted by Gasteiger charge is 2.17. The zero-order valence-corrected chi connectivity index (χ0v) is 17.1. The van der Waals surface area contributed by atoms with Crippen LogP contribution < -0.4 is 10.1 Å². The molecule has 0 radical (unpaired) electrons. The molecule has 154 valence electrons. The molecule has 0 spiro atoms. The summed E-state index contributed by atoms with van der Waals surface area (Å²) in [6.07, 6.45) is 0. The van der Waals surface area contributed by atoms with E-state index in [1.807, 2.05) is 48.5 Å². The second-order valence-electron chi connectivity index (χ2n) is 7.30. The van der Waals surface area contributed by atoms with Crippen molar-refractivity contribution in [1.29, 1.82) is 0 Å². The number of hydrogen-bond acceptors (Lipinski definition) is 5. The van der Waals surface area contributed by atoms with Gasteiger partial charge in [-0.15, -0.1) is 5.10 Å². The number of rotatable bonds is 5. The third-order valence-corrected chi connectivity index (χ3v) is 5.34. The van der Waals surface area contributed by atoms with Crippen LogP contribution in [-0.2, 0) is 0 Å². The van der Waals surface area contributed by atoms with E-state index in [2.05, 4.69) is 22.6 Å². The van der Waals surface area contributed by atoms with Crippen LogP contribution in [-0.4, -0.2) is 26.9 Å². The molecular weight excluding hydrogens is 393 g/mol. The lowest BCUT2D eigenvalue weighted by atomic mass is 10.1. The van der Waals surface area contributed by atoms with Crippen LogP contribution in [0.15, 0.2) is 72.8 Å². The molecule has 0 saturated heterocycles. The first-order chi connectivity index (χ1) is 15.1. The predicted molar refractivity (Wildman–Crippen MR) is 119 cm³/mol. The van der Waals surface area contributed by atoms with Gasteiger partial charge in [0.15, 0.2) is 5.65 Å². The van der Waals surface area contributed by atoms with Crippen molar-refractivity contribution in [2.24, 2.45) is 0 Å². The van der Waals surface area contributed by atoms with Gasteiger partial charge in [0.1, 0.15) is 23.1 Å². The van der Waals surface area contributed by atoms with Gasteiger partial charge in [-0.25, -0.2) is 9.37 Å². The Kier molecular flexibility index (Phi) is 4.71. The van der Waals surface area contributed by atoms with E-state index in [-0.39, 0.29) is 11.9 Å². The number of nitrogens with zero attached hydrogens (tertiary/aromatic N) is 4. The Labute approximate surface area is 178 Å². The highest BCUT2D eigenvalue weighted by Crippen LogP contribution is 2.30. The highest BCUT2D eigenvalue weighted by atomic mass is 19.1. The molecule has 6 nitrogen and oxygen atoms in total. The van der Waals surface area contributed by atoms with E-state index in [1.165, 1.54) is 12.1 Å². The minimum absolute atomic E-state index is 0.00872. The summed E-state index contributed by atoms with van der Waals surface area (Å²) in [6.45, 7) is 2.08. The van der Waals surface area contributed by atoms with E-state index in [0.29, 0.717) is 11.3 Å². The van der Waals surface area contributed by atoms with Crippen molar-refractivity contribution in [3.8, 4) is 17.0 Å². The lowest BCUT2D eigenvalue weighted by molar-refractivity contribution is 0.414. The van der Waals surface area contributed by atoms with Gasteiger partial charge in [0.05, 0.1) is 12.6 Å². The molecule has 0 aliphatic rings. The maximum atomic E-state index is 13.4. The van der Waals surface area contributed by atoms with Gasteiger partial charge in [0.25, 0.3) is 0 Å². The molecule has 1 unspecified atom stereocenters. The summed E-state index contributed by atoms with van der Waals surface area (Å²) in [7, 11) is 1.65. The number of para-hydroxylation sites is 1. The molecule has 31 heavy (non-hydrogen) atoms. The van der Waals surface area contributed by atoms with Crippen LogP contribution in [0.1, 0.15) is 18.5 Å². The van der Waals surface area contributed by atoms with Gasteiger partial charge in [0.2, 0.25) is 0 Å². The van der Waals surface area contributed by atoms with Gasteiger partial charge in [-0.2, -0.15) is 4.52 Å². The number of ether oxygens (including phenoxy) is 1. The van der Waals surface area contributed by atoms with Crippen LogP contribution in [0, 0.1) is 5.82 Å². The largest absolute Gasteiger partial charge is 0.497 e. The fourth-order valence-corrected chi connectivity index (χ4v) is 3.65. The van der Waals surface area contributed by atoms with E-state index in [9.17, 15) is 4.39 Å². The molecule has 3 aromatic carbocycles. The Bertz CT molecular complexity index is 1360. The van der Waals surface area contributed by atoms with Crippen LogP contribution in [0.2, 0.25) is 0 Å². The van der Waals surface area contributed by atoms with Crippen molar-refractivity contribution in [1.82, 2.24) is 19.8 Å². The molecule has 2 heterocycles. The van der Waals surface area contributed by atoms with Crippen molar-refractivity contribution in [3.05, 3.63) is 84.2 Å². The molecule has 2 aromatic heterocycles. The molecule has 0 bridgehead atoms. The number of anilines is 1. The van der Waals surface area contributed by atoms with Crippen LogP contribution in [0.25, 0.3) is 27.8 Å². The minimum Gasteiger partial charge on any atom is -0.497 e. The van der Waals surface area contributed by atoms with E-state index in [1.54, 1.807) is 23.8 Å². The number of nitrogens with one attached hydrogen (secondary N) is 1. The first-order valence-corrected chi connectivity index (χ1v) is 9.94. The number of hydrogen-bond donors (Lipinski definition) is 1. The van der Waals surface area contributed by atoms with Gasteiger partial charge < -0.3 is 10.1 Å². The molecule has 5 rings (SSSR count). The molecule has 0 aliphatic carbocycles. The second-order valence-corrected chi connectivity index (χ2v) is 7.30. The molecule has 0 aliphatic heterocycles. The van der Waals surface area contributed by atoms with Gasteiger partial charge in [0, 0.05) is 17.0 Å². The molecule has 5 aromatic rings. The van der Waals surface area contributed by atoms with Crippen LogP contribution in [0.5, 0.6) is 5.75 Å². The molecule has 1 atom stereocenters. The van der Waals surface area contributed by atoms with Gasteiger partial charge >= 0.3 is 0 Å². The van der Waals surface area contributed by atoms with E-state index < -0.39 is 0 Å². The number of fused-ring (bicyclic) bond motifs is 3. The van der Waals surface area contributed by atoms with E-state index >= 15 is 0 Å². The molecule has 0 amide bonds. The predicted octanol–water partition coefficient (Wildman–Crippen LogP) is 5.27. The number of aromatic nitrogens is 4. The van der Waals surface area contributed by atoms with Gasteiger partial charge in [-0.05, 0) is 61.0 Å². The van der Waals surface area contributed by atoms with Crippen molar-refractivity contribution in [3.63, 3.8) is 0 Å². The van der Waals surface area contributed by atoms with E-state index in [0.717, 1.165) is 33.6 Å². The summed E-state index contributed by atoms with van der Waals surface area (Å²) in [5, 5.41) is 13.1. The quantitative estimate of drug-likeness (QED) is 0.425. The van der Waals surface area contributed by atoms with E-state index in [4.69, 9.17) is 9.72 Å². The zero-order chi connectivity index (χ0) is 21.4. The average Bonchev–Trinajstić information content (AvgIpc) is 3.24. The monoisotopic (exact) mass is 413 g/mol. The van der Waals surface area contributed by atoms with Crippen LogP contribution in [0.4, 0.5) is 10.2 Å². The van der Waals surface area contributed by atoms with Crippen molar-refractivity contribution in [2.45, 2.75) is 13.0 Å². The summed E-state index contributed by atoms with van der Waals surface area (Å²) >= 11 is 0. The third kappa shape index (κ3) is 3.44. The average molecular weight is 413 g/mol. The lowest BCUT2D eigenvalue weighted by Crippen LogP contribution is -2.09. The Hall–Kier alpha value is -4.00. The molecular formula is C24H20FN5O. The number of halogens is 1. The molecule has 0 saturated carbocycles. The van der Waals surface area contributed by atoms with Crippen LogP contribution in [0.3, 0.4) is 0 Å². The van der Waals surface area contributed by atoms with Crippen LogP contribution >= 0.6 is 0 Å². The summed E-state index contributed by atoms with van der Waals surface area (Å²) in [5.74, 6) is 1.25. The normalized spacial score (nSPS) is 12.2. The van der Waals surface area contributed by atoms with Crippen molar-refractivity contribution in [2.75, 3.05) is 12.4 Å². The Morgan fingerprint density at radius 1 is 0.968 bits per heavy atom. The van der Waals surface area contributed by atoms with Crippen molar-refractivity contribution >= 4 is 22.4 Å². The fourth-order valence-electron chi connectivity index (χ4n) is 3.65. The third-order valence-electron chi connectivity index (χ3n) is 5.34. The number of benzene rings is 3. The summed E-state index contributed by atoms with van der Waals surface area (Å²) < 4.78 is 20.4. The standard InChI is InChI=1S/C24H20FN5O/c1-15(16-9-13-19(31-2)14-10-16)26-23-20-5-3-4-6-21(20)30-24(27-23)22(28-29-30)17-7-11-18(25)12-8-17/h3-15H,1-2H3,(H,26,27). The Balaban J connectivity index is 1.62. The van der Waals surface area contributed by atoms with Crippen molar-refractivity contribution < 1.29 is 9.13 Å². The maximum absolute atomic E-state index is 13.4.